The van der Waals surface area contributed by atoms with Gasteiger partial charge in [0, 0.05) is 17.5 Å². The number of rotatable bonds is 9. The summed E-state index contributed by atoms with van der Waals surface area (Å²) < 4.78 is 12.4. The summed E-state index contributed by atoms with van der Waals surface area (Å²) in [4.78, 5) is 0. The lowest BCUT2D eigenvalue weighted by atomic mass is 10.2. The molecule has 1 aromatic carbocycles. The molecular formula is C15H23BrO2. The third kappa shape index (κ3) is 7.02. The van der Waals surface area contributed by atoms with E-state index in [1.165, 1.54) is 19.3 Å². The van der Waals surface area contributed by atoms with E-state index in [-0.39, 0.29) is 6.10 Å². The lowest BCUT2D eigenvalue weighted by Crippen LogP contribution is -2.15. The van der Waals surface area contributed by atoms with Crippen LogP contribution < -0.4 is 4.74 Å². The predicted octanol–water partition coefficient (Wildman–Crippen LogP) is 4.81. The fourth-order valence-electron chi connectivity index (χ4n) is 1.61. The first-order valence-electron chi connectivity index (χ1n) is 6.72. The van der Waals surface area contributed by atoms with Crippen LogP contribution in [0.5, 0.6) is 5.75 Å². The molecule has 1 atom stereocenters. The van der Waals surface area contributed by atoms with E-state index >= 15 is 0 Å². The molecule has 1 aromatic rings. The van der Waals surface area contributed by atoms with Gasteiger partial charge in [-0.05, 0) is 37.6 Å². The molecule has 1 rings (SSSR count). The zero-order valence-electron chi connectivity index (χ0n) is 11.3. The standard InChI is InChI=1S/C15H23BrO2/c1-3-4-5-11-17-12-10-13(2)18-15-8-6-14(16)7-9-15/h6-9,13H,3-5,10-12H2,1-2H3/t13-/m0/s1. The Labute approximate surface area is 119 Å². The van der Waals surface area contributed by atoms with Crippen molar-refractivity contribution in [3.05, 3.63) is 28.7 Å². The third-order valence-corrected chi connectivity index (χ3v) is 3.24. The summed E-state index contributed by atoms with van der Waals surface area (Å²) in [5.41, 5.74) is 0. The van der Waals surface area contributed by atoms with Gasteiger partial charge in [0.1, 0.15) is 5.75 Å². The summed E-state index contributed by atoms with van der Waals surface area (Å²) in [5.74, 6) is 0.914. The van der Waals surface area contributed by atoms with Crippen molar-refractivity contribution in [1.82, 2.24) is 0 Å². The van der Waals surface area contributed by atoms with Crippen molar-refractivity contribution in [3.63, 3.8) is 0 Å². The van der Waals surface area contributed by atoms with Crippen LogP contribution in [0.15, 0.2) is 28.7 Å². The minimum atomic E-state index is 0.192. The lowest BCUT2D eigenvalue weighted by molar-refractivity contribution is 0.0953. The van der Waals surface area contributed by atoms with Gasteiger partial charge < -0.3 is 9.47 Å². The van der Waals surface area contributed by atoms with Crippen LogP contribution in [0, 0.1) is 0 Å². The highest BCUT2D eigenvalue weighted by Gasteiger charge is 2.03. The predicted molar refractivity (Wildman–Crippen MR) is 79.2 cm³/mol. The minimum Gasteiger partial charge on any atom is -0.491 e. The number of hydrogen-bond acceptors (Lipinski definition) is 2. The van der Waals surface area contributed by atoms with Gasteiger partial charge in [0.15, 0.2) is 0 Å². The van der Waals surface area contributed by atoms with Crippen LogP contribution in [0.2, 0.25) is 0 Å². The van der Waals surface area contributed by atoms with Crippen LogP contribution in [0.1, 0.15) is 39.5 Å². The van der Waals surface area contributed by atoms with E-state index in [1.807, 2.05) is 24.3 Å². The van der Waals surface area contributed by atoms with Crippen LogP contribution in [0.4, 0.5) is 0 Å². The number of benzene rings is 1. The Morgan fingerprint density at radius 3 is 2.50 bits per heavy atom. The molecule has 18 heavy (non-hydrogen) atoms. The number of halogens is 1. The van der Waals surface area contributed by atoms with Gasteiger partial charge >= 0.3 is 0 Å². The van der Waals surface area contributed by atoms with E-state index in [0.717, 1.165) is 29.9 Å². The van der Waals surface area contributed by atoms with Crippen LogP contribution in [0.3, 0.4) is 0 Å². The highest BCUT2D eigenvalue weighted by atomic mass is 79.9. The normalized spacial score (nSPS) is 12.4. The van der Waals surface area contributed by atoms with Gasteiger partial charge in [-0.2, -0.15) is 0 Å². The molecule has 0 bridgehead atoms. The highest BCUT2D eigenvalue weighted by Crippen LogP contribution is 2.17. The van der Waals surface area contributed by atoms with Crippen molar-refractivity contribution >= 4 is 15.9 Å². The molecule has 0 amide bonds. The molecule has 0 saturated heterocycles. The summed E-state index contributed by atoms with van der Waals surface area (Å²) >= 11 is 3.41. The van der Waals surface area contributed by atoms with Crippen molar-refractivity contribution in [2.24, 2.45) is 0 Å². The fraction of sp³-hybridized carbons (Fsp3) is 0.600. The van der Waals surface area contributed by atoms with Crippen LogP contribution in [-0.2, 0) is 4.74 Å². The Morgan fingerprint density at radius 2 is 1.83 bits per heavy atom. The number of hydrogen-bond donors (Lipinski definition) is 0. The smallest absolute Gasteiger partial charge is 0.119 e. The maximum atomic E-state index is 5.80. The van der Waals surface area contributed by atoms with E-state index in [9.17, 15) is 0 Å². The van der Waals surface area contributed by atoms with Crippen LogP contribution >= 0.6 is 15.9 Å². The zero-order valence-corrected chi connectivity index (χ0v) is 12.9. The molecule has 0 radical (unpaired) electrons. The fourth-order valence-corrected chi connectivity index (χ4v) is 1.87. The van der Waals surface area contributed by atoms with Crippen molar-refractivity contribution in [1.29, 1.82) is 0 Å². The topological polar surface area (TPSA) is 18.5 Å². The van der Waals surface area contributed by atoms with E-state index in [0.29, 0.717) is 0 Å². The number of unbranched alkanes of at least 4 members (excludes halogenated alkanes) is 2. The summed E-state index contributed by atoms with van der Waals surface area (Å²) in [6.07, 6.45) is 4.79. The first-order chi connectivity index (χ1) is 8.72. The minimum absolute atomic E-state index is 0.192. The molecule has 0 fully saturated rings. The molecule has 0 N–H and O–H groups in total. The van der Waals surface area contributed by atoms with Crippen molar-refractivity contribution in [2.45, 2.75) is 45.6 Å². The van der Waals surface area contributed by atoms with Crippen molar-refractivity contribution in [3.8, 4) is 5.75 Å². The van der Waals surface area contributed by atoms with E-state index in [4.69, 9.17) is 9.47 Å². The van der Waals surface area contributed by atoms with Gasteiger partial charge in [0.2, 0.25) is 0 Å². The second kappa shape index (κ2) is 9.40. The Hall–Kier alpha value is -0.540. The maximum absolute atomic E-state index is 5.80. The van der Waals surface area contributed by atoms with Gasteiger partial charge in [-0.3, -0.25) is 0 Å². The third-order valence-electron chi connectivity index (χ3n) is 2.71. The molecule has 0 heterocycles. The molecule has 0 aliphatic carbocycles. The van der Waals surface area contributed by atoms with E-state index in [2.05, 4.69) is 29.8 Å². The first-order valence-corrected chi connectivity index (χ1v) is 7.51. The molecule has 0 saturated carbocycles. The van der Waals surface area contributed by atoms with Gasteiger partial charge in [0.25, 0.3) is 0 Å². The molecular weight excluding hydrogens is 292 g/mol. The average molecular weight is 315 g/mol. The average Bonchev–Trinajstić information content (AvgIpc) is 2.36. The van der Waals surface area contributed by atoms with Crippen molar-refractivity contribution in [2.75, 3.05) is 13.2 Å². The molecule has 102 valence electrons. The largest absolute Gasteiger partial charge is 0.491 e. The van der Waals surface area contributed by atoms with Gasteiger partial charge in [-0.15, -0.1) is 0 Å². The Balaban J connectivity index is 2.10. The van der Waals surface area contributed by atoms with Crippen LogP contribution in [-0.4, -0.2) is 19.3 Å². The molecule has 0 aliphatic rings. The lowest BCUT2D eigenvalue weighted by Gasteiger charge is -2.14. The van der Waals surface area contributed by atoms with Gasteiger partial charge in [-0.1, -0.05) is 35.7 Å². The molecule has 3 heteroatoms. The summed E-state index contributed by atoms with van der Waals surface area (Å²) in [5, 5.41) is 0. The quantitative estimate of drug-likeness (QED) is 0.609. The van der Waals surface area contributed by atoms with Crippen LogP contribution in [0.25, 0.3) is 0 Å². The molecule has 0 spiro atoms. The van der Waals surface area contributed by atoms with E-state index in [1.54, 1.807) is 0 Å². The molecule has 0 unspecified atom stereocenters. The Bertz CT molecular complexity index is 311. The second-order valence-corrected chi connectivity index (χ2v) is 5.41. The highest BCUT2D eigenvalue weighted by molar-refractivity contribution is 9.10. The Kier molecular flexibility index (Phi) is 8.10. The second-order valence-electron chi connectivity index (χ2n) is 4.49. The summed E-state index contributed by atoms with van der Waals surface area (Å²) in [6, 6.07) is 7.93. The van der Waals surface area contributed by atoms with Gasteiger partial charge in [0.05, 0.1) is 12.7 Å². The van der Waals surface area contributed by atoms with E-state index < -0.39 is 0 Å². The first kappa shape index (κ1) is 15.5. The SMILES string of the molecule is CCCCCOCC[C@H](C)Oc1ccc(Br)cc1. The van der Waals surface area contributed by atoms with Gasteiger partial charge in [-0.25, -0.2) is 0 Å². The summed E-state index contributed by atoms with van der Waals surface area (Å²) in [6.45, 7) is 5.94. The molecule has 0 aromatic heterocycles. The Morgan fingerprint density at radius 1 is 1.11 bits per heavy atom. The monoisotopic (exact) mass is 314 g/mol. The molecule has 2 nitrogen and oxygen atoms in total. The zero-order chi connectivity index (χ0) is 13.2. The maximum Gasteiger partial charge on any atom is 0.119 e. The van der Waals surface area contributed by atoms with Crippen molar-refractivity contribution < 1.29 is 9.47 Å². The molecule has 0 aliphatic heterocycles. The summed E-state index contributed by atoms with van der Waals surface area (Å²) in [7, 11) is 0. The number of ether oxygens (including phenoxy) is 2.